The van der Waals surface area contributed by atoms with Crippen LogP contribution < -0.4 is 0 Å². The number of sulfone groups is 1. The summed E-state index contributed by atoms with van der Waals surface area (Å²) in [6.45, 7) is 4.17. The number of nitro groups is 2. The molecule has 1 rings (SSSR count). The molecule has 0 atom stereocenters. The normalized spacial score (nSPS) is 11.3. The molecule has 0 spiro atoms. The van der Waals surface area contributed by atoms with E-state index >= 15 is 0 Å². The maximum absolute atomic E-state index is 12.1. The second kappa shape index (κ2) is 5.53. The molecule has 9 heteroatoms. The van der Waals surface area contributed by atoms with Gasteiger partial charge in [0.25, 0.3) is 11.4 Å². The smallest absolute Gasteiger partial charge is 0.258 e. The van der Waals surface area contributed by atoms with Crippen LogP contribution in [0.2, 0.25) is 0 Å². The van der Waals surface area contributed by atoms with Crippen LogP contribution in [0.4, 0.5) is 11.4 Å². The molecule has 8 nitrogen and oxygen atoms in total. The molecule has 0 aliphatic carbocycles. The second-order valence-electron chi connectivity index (χ2n) is 4.33. The Labute approximate surface area is 115 Å². The monoisotopic (exact) mass is 302 g/mol. The van der Waals surface area contributed by atoms with Crippen LogP contribution in [-0.2, 0) is 9.84 Å². The van der Waals surface area contributed by atoms with Crippen molar-refractivity contribution in [3.63, 3.8) is 0 Å². The number of nitrogens with zero attached hydrogens (tertiary/aromatic N) is 2. The van der Waals surface area contributed by atoms with Gasteiger partial charge < -0.3 is 0 Å². The fraction of sp³-hybridized carbons (Fsp3) is 0.455. The Kier molecular flexibility index (Phi) is 4.43. The third-order valence-corrected chi connectivity index (χ3v) is 4.96. The first-order valence-electron chi connectivity index (χ1n) is 5.79. The molecule has 0 aliphatic heterocycles. The van der Waals surface area contributed by atoms with Gasteiger partial charge in [-0.15, -0.1) is 0 Å². The Hall–Kier alpha value is -2.03. The van der Waals surface area contributed by atoms with E-state index in [1.165, 1.54) is 13.8 Å². The highest BCUT2D eigenvalue weighted by Crippen LogP contribution is 2.36. The zero-order chi connectivity index (χ0) is 15.7. The van der Waals surface area contributed by atoms with Crippen LogP contribution in [0.1, 0.15) is 24.5 Å². The minimum atomic E-state index is -3.78. The first-order chi connectivity index (χ1) is 9.13. The van der Waals surface area contributed by atoms with Crippen molar-refractivity contribution < 1.29 is 18.3 Å². The van der Waals surface area contributed by atoms with Crippen LogP contribution in [0, 0.1) is 34.1 Å². The average molecular weight is 302 g/mol. The van der Waals surface area contributed by atoms with Gasteiger partial charge in [0.15, 0.2) is 9.84 Å². The summed E-state index contributed by atoms with van der Waals surface area (Å²) in [5, 5.41) is 22.0. The Bertz CT molecular complexity index is 681. The summed E-state index contributed by atoms with van der Waals surface area (Å²) in [7, 11) is -3.78. The number of hydrogen-bond acceptors (Lipinski definition) is 6. The van der Waals surface area contributed by atoms with E-state index in [1.54, 1.807) is 6.92 Å². The highest BCUT2D eigenvalue weighted by atomic mass is 32.2. The quantitative estimate of drug-likeness (QED) is 0.607. The van der Waals surface area contributed by atoms with Gasteiger partial charge in [-0.25, -0.2) is 8.42 Å². The third kappa shape index (κ3) is 2.77. The van der Waals surface area contributed by atoms with Gasteiger partial charge in [-0.05, 0) is 20.3 Å². The summed E-state index contributed by atoms with van der Waals surface area (Å²) in [6, 6.07) is 0.905. The van der Waals surface area contributed by atoms with Crippen LogP contribution in [0.3, 0.4) is 0 Å². The van der Waals surface area contributed by atoms with E-state index in [0.29, 0.717) is 6.42 Å². The maximum Gasteiger partial charge on any atom is 0.283 e. The molecule has 0 aliphatic rings. The molecular formula is C11H14N2O6S. The fourth-order valence-corrected chi connectivity index (χ4v) is 3.64. The van der Waals surface area contributed by atoms with E-state index < -0.39 is 31.1 Å². The number of hydrogen-bond donors (Lipinski definition) is 0. The molecule has 1 aromatic rings. The van der Waals surface area contributed by atoms with Crippen LogP contribution in [0.5, 0.6) is 0 Å². The number of rotatable bonds is 5. The van der Waals surface area contributed by atoms with Crippen LogP contribution in [0.25, 0.3) is 0 Å². The summed E-state index contributed by atoms with van der Waals surface area (Å²) in [5.41, 5.74) is -1.29. The molecule has 0 radical (unpaired) electrons. The summed E-state index contributed by atoms with van der Waals surface area (Å²) in [4.78, 5) is 20.0. The first-order valence-corrected chi connectivity index (χ1v) is 7.44. The lowest BCUT2D eigenvalue weighted by Crippen LogP contribution is -2.11. The molecule has 0 aromatic heterocycles. The Balaban J connectivity index is 3.80. The Morgan fingerprint density at radius 3 is 2.05 bits per heavy atom. The van der Waals surface area contributed by atoms with E-state index in [9.17, 15) is 28.6 Å². The molecule has 110 valence electrons. The second-order valence-corrected chi connectivity index (χ2v) is 6.40. The lowest BCUT2D eigenvalue weighted by molar-refractivity contribution is -0.396. The molecule has 0 fully saturated rings. The lowest BCUT2D eigenvalue weighted by atomic mass is 10.1. The predicted molar refractivity (Wildman–Crippen MR) is 71.6 cm³/mol. The standard InChI is InChI=1S/C11H14N2O6S/c1-4-5-20(18,19)10-6-9(12(14)15)7(2)11(8(10)3)13(16)17/h6H,4-5H2,1-3H3. The molecular weight excluding hydrogens is 288 g/mol. The molecule has 20 heavy (non-hydrogen) atoms. The first kappa shape index (κ1) is 16.0. The van der Waals surface area contributed by atoms with Crippen LogP contribution in [-0.4, -0.2) is 24.0 Å². The topological polar surface area (TPSA) is 120 Å². The SMILES string of the molecule is CCCS(=O)(=O)c1cc([N+](=O)[O-])c(C)c([N+](=O)[O-])c1C. The van der Waals surface area contributed by atoms with Gasteiger partial charge in [0, 0.05) is 11.6 Å². The van der Waals surface area contributed by atoms with Gasteiger partial charge in [0.05, 0.1) is 20.5 Å². The zero-order valence-corrected chi connectivity index (χ0v) is 12.1. The van der Waals surface area contributed by atoms with Crippen molar-refractivity contribution in [2.45, 2.75) is 32.1 Å². The molecule has 0 unspecified atom stereocenters. The van der Waals surface area contributed by atoms with E-state index in [0.717, 1.165) is 6.07 Å². The van der Waals surface area contributed by atoms with Gasteiger partial charge in [-0.3, -0.25) is 20.2 Å². The summed E-state index contributed by atoms with van der Waals surface area (Å²) in [6.07, 6.45) is 0.317. The molecule has 0 N–H and O–H groups in total. The third-order valence-electron chi connectivity index (χ3n) is 2.92. The Morgan fingerprint density at radius 2 is 1.65 bits per heavy atom. The molecule has 0 amide bonds. The summed E-state index contributed by atoms with van der Waals surface area (Å²) >= 11 is 0. The zero-order valence-electron chi connectivity index (χ0n) is 11.2. The van der Waals surface area contributed by atoms with Crippen molar-refractivity contribution in [1.82, 2.24) is 0 Å². The van der Waals surface area contributed by atoms with E-state index in [-0.39, 0.29) is 21.8 Å². The molecule has 0 saturated carbocycles. The van der Waals surface area contributed by atoms with Crippen molar-refractivity contribution in [3.8, 4) is 0 Å². The van der Waals surface area contributed by atoms with E-state index in [4.69, 9.17) is 0 Å². The molecule has 0 bridgehead atoms. The summed E-state index contributed by atoms with van der Waals surface area (Å²) in [5.74, 6) is -0.217. The van der Waals surface area contributed by atoms with Gasteiger partial charge in [-0.1, -0.05) is 6.92 Å². The molecule has 1 aromatic carbocycles. The highest BCUT2D eigenvalue weighted by molar-refractivity contribution is 7.91. The molecule has 0 heterocycles. The van der Waals surface area contributed by atoms with Gasteiger partial charge in [0.1, 0.15) is 5.56 Å². The predicted octanol–water partition coefficient (Wildman–Crippen LogP) is 2.30. The minimum absolute atomic E-state index is 0.0634. The largest absolute Gasteiger partial charge is 0.283 e. The van der Waals surface area contributed by atoms with Crippen molar-refractivity contribution in [3.05, 3.63) is 37.4 Å². The Morgan fingerprint density at radius 1 is 1.10 bits per heavy atom. The van der Waals surface area contributed by atoms with E-state index in [1.807, 2.05) is 0 Å². The number of benzene rings is 1. The van der Waals surface area contributed by atoms with Crippen molar-refractivity contribution in [2.24, 2.45) is 0 Å². The van der Waals surface area contributed by atoms with Crippen LogP contribution in [0.15, 0.2) is 11.0 Å². The van der Waals surface area contributed by atoms with Gasteiger partial charge in [0.2, 0.25) is 0 Å². The number of nitro benzene ring substituents is 2. The molecule has 0 saturated heterocycles. The van der Waals surface area contributed by atoms with Gasteiger partial charge >= 0.3 is 0 Å². The minimum Gasteiger partial charge on any atom is -0.258 e. The average Bonchev–Trinajstić information content (AvgIpc) is 2.27. The lowest BCUT2D eigenvalue weighted by Gasteiger charge is -2.09. The van der Waals surface area contributed by atoms with Crippen LogP contribution >= 0.6 is 0 Å². The maximum atomic E-state index is 12.1. The summed E-state index contributed by atoms with van der Waals surface area (Å²) < 4.78 is 24.1. The van der Waals surface area contributed by atoms with Crippen molar-refractivity contribution in [1.29, 1.82) is 0 Å². The highest BCUT2D eigenvalue weighted by Gasteiger charge is 2.31. The van der Waals surface area contributed by atoms with E-state index in [2.05, 4.69) is 0 Å². The van der Waals surface area contributed by atoms with Crippen molar-refractivity contribution in [2.75, 3.05) is 5.75 Å². The van der Waals surface area contributed by atoms with Gasteiger partial charge in [-0.2, -0.15) is 0 Å². The fourth-order valence-electron chi connectivity index (χ4n) is 2.03. The van der Waals surface area contributed by atoms with Crippen molar-refractivity contribution >= 4 is 21.2 Å².